The van der Waals surface area contributed by atoms with Crippen LogP contribution in [-0.2, 0) is 21.3 Å². The van der Waals surface area contributed by atoms with E-state index < -0.39 is 10.0 Å². The Morgan fingerprint density at radius 1 is 1.21 bits per heavy atom. The Morgan fingerprint density at radius 3 is 2.42 bits per heavy atom. The molecule has 0 radical (unpaired) electrons. The monoisotopic (exact) mass is 285 g/mol. The molecule has 0 bridgehead atoms. The van der Waals surface area contributed by atoms with Gasteiger partial charge in [0, 0.05) is 19.6 Å². The second-order valence-corrected chi connectivity index (χ2v) is 6.03. The molecule has 6 nitrogen and oxygen atoms in total. The van der Waals surface area contributed by atoms with Gasteiger partial charge in [0.2, 0.25) is 0 Å². The predicted octanol–water partition coefficient (Wildman–Crippen LogP) is -0.0685. The van der Waals surface area contributed by atoms with Crippen molar-refractivity contribution in [1.82, 2.24) is 15.2 Å². The van der Waals surface area contributed by atoms with Gasteiger partial charge in [-0.3, -0.25) is 0 Å². The zero-order valence-corrected chi connectivity index (χ0v) is 11.7. The van der Waals surface area contributed by atoms with Gasteiger partial charge in [0.15, 0.2) is 0 Å². The summed E-state index contributed by atoms with van der Waals surface area (Å²) in [5.41, 5.74) is 1.05. The molecule has 7 heteroatoms. The molecule has 1 aliphatic rings. The van der Waals surface area contributed by atoms with Gasteiger partial charge in [-0.2, -0.15) is 0 Å². The van der Waals surface area contributed by atoms with Crippen LogP contribution in [0.4, 0.5) is 0 Å². The van der Waals surface area contributed by atoms with Crippen LogP contribution in [0, 0.1) is 0 Å². The second-order valence-electron chi connectivity index (χ2n) is 4.37. The predicted molar refractivity (Wildman–Crippen MR) is 71.9 cm³/mol. The van der Waals surface area contributed by atoms with Crippen molar-refractivity contribution >= 4 is 10.0 Å². The Hall–Kier alpha value is -0.990. The summed E-state index contributed by atoms with van der Waals surface area (Å²) in [5, 5.41) is 4.69. The van der Waals surface area contributed by atoms with E-state index in [-0.39, 0.29) is 4.90 Å². The number of nitrogens with one attached hydrogen (secondary N) is 2. The Kier molecular flexibility index (Phi) is 4.89. The minimum absolute atomic E-state index is 0.277. The van der Waals surface area contributed by atoms with Gasteiger partial charge in [-0.05, 0) is 24.7 Å². The number of hydrogen-bond donors (Lipinski definition) is 2. The lowest BCUT2D eigenvalue weighted by Crippen LogP contribution is -2.48. The second kappa shape index (κ2) is 6.44. The number of hydrogen-bond acceptors (Lipinski definition) is 5. The number of sulfonamides is 1. The molecule has 0 unspecified atom stereocenters. The molecule has 1 aromatic carbocycles. The molecule has 1 saturated heterocycles. The summed E-state index contributed by atoms with van der Waals surface area (Å²) in [7, 11) is -1.64. The molecule has 0 amide bonds. The molecule has 106 valence electrons. The summed E-state index contributed by atoms with van der Waals surface area (Å²) in [5.74, 6) is 0. The molecule has 2 N–H and O–H groups in total. The fourth-order valence-corrected chi connectivity index (χ4v) is 2.99. The minimum Gasteiger partial charge on any atom is -0.379 e. The highest BCUT2D eigenvalue weighted by Gasteiger charge is 2.19. The van der Waals surface area contributed by atoms with E-state index in [4.69, 9.17) is 4.74 Å². The van der Waals surface area contributed by atoms with Crippen molar-refractivity contribution in [2.24, 2.45) is 0 Å². The van der Waals surface area contributed by atoms with Crippen LogP contribution in [0.1, 0.15) is 5.56 Å². The highest BCUT2D eigenvalue weighted by atomic mass is 32.2. The minimum atomic E-state index is -3.49. The number of hydrazine groups is 1. The summed E-state index contributed by atoms with van der Waals surface area (Å²) in [6, 6.07) is 6.86. The summed E-state index contributed by atoms with van der Waals surface area (Å²) < 4.78 is 29.5. The Morgan fingerprint density at radius 2 is 1.84 bits per heavy atom. The SMILES string of the molecule is CNCc1ccc(S(=O)(=O)NN2CCOCC2)cc1. The number of rotatable bonds is 5. The van der Waals surface area contributed by atoms with Gasteiger partial charge >= 0.3 is 0 Å². The topological polar surface area (TPSA) is 70.7 Å². The van der Waals surface area contributed by atoms with Crippen molar-refractivity contribution in [3.63, 3.8) is 0 Å². The van der Waals surface area contributed by atoms with Crippen LogP contribution in [0.25, 0.3) is 0 Å². The van der Waals surface area contributed by atoms with Crippen molar-refractivity contribution in [1.29, 1.82) is 0 Å². The van der Waals surface area contributed by atoms with Gasteiger partial charge in [-0.15, -0.1) is 4.83 Å². The van der Waals surface area contributed by atoms with E-state index in [0.29, 0.717) is 26.3 Å². The van der Waals surface area contributed by atoms with E-state index in [1.807, 2.05) is 19.2 Å². The maximum atomic E-state index is 12.2. The maximum absolute atomic E-state index is 12.2. The number of morpholine rings is 1. The molecule has 19 heavy (non-hydrogen) atoms. The van der Waals surface area contributed by atoms with Gasteiger partial charge in [0.05, 0.1) is 18.1 Å². The van der Waals surface area contributed by atoms with Crippen LogP contribution in [0.15, 0.2) is 29.2 Å². The van der Waals surface area contributed by atoms with E-state index in [0.717, 1.165) is 12.1 Å². The lowest BCUT2D eigenvalue weighted by atomic mass is 10.2. The molecular weight excluding hydrogens is 266 g/mol. The fourth-order valence-electron chi connectivity index (χ4n) is 1.87. The molecule has 1 heterocycles. The van der Waals surface area contributed by atoms with Crippen molar-refractivity contribution in [2.75, 3.05) is 33.4 Å². The standard InChI is InChI=1S/C12H19N3O3S/c1-13-10-11-2-4-12(5-3-11)19(16,17)14-15-6-8-18-9-7-15/h2-5,13-14H,6-10H2,1H3. The molecule has 0 aromatic heterocycles. The summed E-state index contributed by atoms with van der Waals surface area (Å²) in [6.07, 6.45) is 0. The smallest absolute Gasteiger partial charge is 0.253 e. The molecule has 1 fully saturated rings. The molecular formula is C12H19N3O3S. The zero-order chi connectivity index (χ0) is 13.7. The first-order valence-electron chi connectivity index (χ1n) is 6.20. The van der Waals surface area contributed by atoms with E-state index >= 15 is 0 Å². The Balaban J connectivity index is 2.05. The van der Waals surface area contributed by atoms with Crippen molar-refractivity contribution in [3.8, 4) is 0 Å². The lowest BCUT2D eigenvalue weighted by molar-refractivity contribution is 0.0272. The molecule has 0 saturated carbocycles. The van der Waals surface area contributed by atoms with Gasteiger partial charge in [-0.25, -0.2) is 13.4 Å². The molecule has 0 atom stereocenters. The van der Waals surface area contributed by atoms with E-state index in [2.05, 4.69) is 10.1 Å². The van der Waals surface area contributed by atoms with Crippen LogP contribution in [0.5, 0.6) is 0 Å². The van der Waals surface area contributed by atoms with Gasteiger partial charge in [0.1, 0.15) is 0 Å². The van der Waals surface area contributed by atoms with Crippen LogP contribution < -0.4 is 10.1 Å². The van der Waals surface area contributed by atoms with E-state index in [1.165, 1.54) is 0 Å². The zero-order valence-electron chi connectivity index (χ0n) is 10.9. The highest BCUT2D eigenvalue weighted by molar-refractivity contribution is 7.89. The van der Waals surface area contributed by atoms with Crippen LogP contribution in [0.2, 0.25) is 0 Å². The summed E-state index contributed by atoms with van der Waals surface area (Å²) in [6.45, 7) is 2.94. The normalized spacial score (nSPS) is 17.5. The molecule has 0 aliphatic carbocycles. The van der Waals surface area contributed by atoms with Gasteiger partial charge < -0.3 is 10.1 Å². The van der Waals surface area contributed by atoms with E-state index in [9.17, 15) is 8.42 Å². The number of benzene rings is 1. The third-order valence-corrected chi connectivity index (χ3v) is 4.27. The first kappa shape index (κ1) is 14.4. The molecule has 1 aliphatic heterocycles. The van der Waals surface area contributed by atoms with Gasteiger partial charge in [-0.1, -0.05) is 12.1 Å². The maximum Gasteiger partial charge on any atom is 0.253 e. The van der Waals surface area contributed by atoms with Crippen molar-refractivity contribution in [3.05, 3.63) is 29.8 Å². The van der Waals surface area contributed by atoms with E-state index in [1.54, 1.807) is 17.1 Å². The lowest BCUT2D eigenvalue weighted by Gasteiger charge is -2.26. The highest BCUT2D eigenvalue weighted by Crippen LogP contribution is 2.11. The first-order valence-corrected chi connectivity index (χ1v) is 7.69. The average Bonchev–Trinajstić information content (AvgIpc) is 2.40. The number of nitrogens with zero attached hydrogens (tertiary/aromatic N) is 1. The van der Waals surface area contributed by atoms with Crippen LogP contribution in [-0.4, -0.2) is 46.8 Å². The summed E-state index contributed by atoms with van der Waals surface area (Å²) >= 11 is 0. The molecule has 2 rings (SSSR count). The quantitative estimate of drug-likeness (QED) is 0.792. The largest absolute Gasteiger partial charge is 0.379 e. The fraction of sp³-hybridized carbons (Fsp3) is 0.500. The van der Waals surface area contributed by atoms with Gasteiger partial charge in [0.25, 0.3) is 10.0 Å². The Labute approximate surface area is 113 Å². The van der Waals surface area contributed by atoms with Crippen LogP contribution >= 0.6 is 0 Å². The van der Waals surface area contributed by atoms with Crippen LogP contribution in [0.3, 0.4) is 0 Å². The number of ether oxygens (including phenoxy) is 1. The molecule has 1 aromatic rings. The first-order chi connectivity index (χ1) is 9.12. The summed E-state index contributed by atoms with van der Waals surface area (Å²) in [4.78, 5) is 2.85. The van der Waals surface area contributed by atoms with Crippen molar-refractivity contribution < 1.29 is 13.2 Å². The average molecular weight is 285 g/mol. The van der Waals surface area contributed by atoms with Crippen molar-refractivity contribution in [2.45, 2.75) is 11.4 Å². The Bertz CT molecular complexity index is 495. The third kappa shape index (κ3) is 3.99. The third-order valence-electron chi connectivity index (χ3n) is 2.87. The molecule has 0 spiro atoms.